The van der Waals surface area contributed by atoms with Crippen molar-refractivity contribution < 1.29 is 23.8 Å². The van der Waals surface area contributed by atoms with E-state index in [0.29, 0.717) is 11.1 Å². The molecular weight excluding hydrogens is 469 g/mol. The normalized spacial score (nSPS) is 11.2. The monoisotopic (exact) mass is 493 g/mol. The molecule has 3 rings (SSSR count). The van der Waals surface area contributed by atoms with Crippen LogP contribution in [0.25, 0.3) is 5.82 Å². The number of aryl methyl sites for hydroxylation is 1. The summed E-state index contributed by atoms with van der Waals surface area (Å²) >= 11 is 6.34. The number of aliphatic hydroxyl groups is 1. The van der Waals surface area contributed by atoms with Crippen molar-refractivity contribution >= 4 is 17.4 Å². The minimum Gasteiger partial charge on any atom is -0.480 e. The van der Waals surface area contributed by atoms with Crippen LogP contribution < -0.4 is 15.2 Å². The van der Waals surface area contributed by atoms with E-state index in [9.17, 15) is 14.7 Å². The summed E-state index contributed by atoms with van der Waals surface area (Å²) in [6.45, 7) is 6.57. The Balaban J connectivity index is 2.11. The third-order valence-corrected chi connectivity index (χ3v) is 5.39. The quantitative estimate of drug-likeness (QED) is 0.451. The molecule has 0 amide bonds. The molecule has 3 aromatic heterocycles. The number of hydrogen-bond acceptors (Lipinski definition) is 8. The number of carbonyl (C=O) groups is 1. The summed E-state index contributed by atoms with van der Waals surface area (Å²) in [5, 5.41) is 13.6. The predicted molar refractivity (Wildman–Crippen MR) is 122 cm³/mol. The van der Waals surface area contributed by atoms with E-state index in [1.807, 2.05) is 0 Å². The number of nitrogens with zero attached hydrogens (tertiary/aromatic N) is 5. The second-order valence-corrected chi connectivity index (χ2v) is 8.05. The minimum atomic E-state index is -0.957. The summed E-state index contributed by atoms with van der Waals surface area (Å²) in [4.78, 5) is 34.1. The molecule has 0 aliphatic carbocycles. The summed E-state index contributed by atoms with van der Waals surface area (Å²) in [6.07, 6.45) is 0.940. The molecule has 0 saturated carbocycles. The Morgan fingerprint density at radius 1 is 1.32 bits per heavy atom. The van der Waals surface area contributed by atoms with Crippen molar-refractivity contribution in [1.82, 2.24) is 24.3 Å². The first-order valence-electron chi connectivity index (χ1n) is 10.5. The number of pyridine rings is 2. The Morgan fingerprint density at radius 2 is 2.03 bits per heavy atom. The third-order valence-electron chi connectivity index (χ3n) is 5.00. The average molecular weight is 494 g/mol. The Labute approximate surface area is 199 Å². The molecule has 12 heteroatoms. The maximum Gasteiger partial charge on any atom is 0.352 e. The van der Waals surface area contributed by atoms with Crippen LogP contribution in [0.15, 0.2) is 17.1 Å². The first kappa shape index (κ1) is 25.3. The predicted octanol–water partition coefficient (Wildman–Crippen LogP) is 2.66. The largest absolute Gasteiger partial charge is 0.480 e. The van der Waals surface area contributed by atoms with Crippen LogP contribution in [0, 0.1) is 12.7 Å². The van der Waals surface area contributed by atoms with Crippen molar-refractivity contribution in [2.75, 3.05) is 7.11 Å². The maximum atomic E-state index is 15.2. The summed E-state index contributed by atoms with van der Waals surface area (Å²) in [5.74, 6) is -1.85. The van der Waals surface area contributed by atoms with E-state index in [1.165, 1.54) is 17.9 Å². The van der Waals surface area contributed by atoms with E-state index >= 15 is 4.39 Å². The molecule has 0 bridgehead atoms. The summed E-state index contributed by atoms with van der Waals surface area (Å²) in [6, 6.07) is 0.958. The number of rotatable bonds is 9. The first-order chi connectivity index (χ1) is 16.1. The van der Waals surface area contributed by atoms with Crippen molar-refractivity contribution in [2.24, 2.45) is 0 Å². The summed E-state index contributed by atoms with van der Waals surface area (Å²) < 4.78 is 27.9. The number of aliphatic hydroxyl groups excluding tert-OH is 1. The highest BCUT2D eigenvalue weighted by Crippen LogP contribution is 2.30. The van der Waals surface area contributed by atoms with Gasteiger partial charge in [0.1, 0.15) is 11.6 Å². The summed E-state index contributed by atoms with van der Waals surface area (Å²) in [5.41, 5.74) is 0.332. The Kier molecular flexibility index (Phi) is 7.68. The van der Waals surface area contributed by atoms with E-state index in [0.717, 1.165) is 10.7 Å². The van der Waals surface area contributed by atoms with E-state index in [1.54, 1.807) is 27.7 Å². The number of hydrogen-bond donors (Lipinski definition) is 1. The molecule has 0 unspecified atom stereocenters. The van der Waals surface area contributed by atoms with Crippen molar-refractivity contribution in [1.29, 1.82) is 0 Å². The van der Waals surface area contributed by atoms with Crippen LogP contribution in [0.3, 0.4) is 0 Å². The topological polar surface area (TPSA) is 121 Å². The van der Waals surface area contributed by atoms with Gasteiger partial charge in [0.25, 0.3) is 0 Å². The first-order valence-corrected chi connectivity index (χ1v) is 10.9. The zero-order valence-corrected chi connectivity index (χ0v) is 20.2. The lowest BCUT2D eigenvalue weighted by molar-refractivity contribution is 0.0985. The lowest BCUT2D eigenvalue weighted by atomic mass is 10.0. The smallest absolute Gasteiger partial charge is 0.352 e. The molecule has 0 radical (unpaired) electrons. The van der Waals surface area contributed by atoms with Gasteiger partial charge in [-0.15, -0.1) is 5.10 Å². The molecule has 3 aromatic rings. The van der Waals surface area contributed by atoms with Gasteiger partial charge in [-0.2, -0.15) is 9.67 Å². The highest BCUT2D eigenvalue weighted by molar-refractivity contribution is 6.33. The standard InChI is InChI=1S/C22H25ClFN5O5/c1-6-28-17(10-30)27-29(22(28)32)19-15(24)7-14(20(26-19)34-11(2)3)16(31)8-13-12(4)9-25-21(33-5)18(13)23/h7,9,11,30H,6,8,10H2,1-5H3. The number of ketones is 1. The molecular formula is C22H25ClFN5O5. The van der Waals surface area contributed by atoms with E-state index in [4.69, 9.17) is 21.1 Å². The van der Waals surface area contributed by atoms with Crippen molar-refractivity contribution in [3.05, 3.63) is 56.1 Å². The van der Waals surface area contributed by atoms with Crippen LogP contribution >= 0.6 is 11.6 Å². The Hall–Kier alpha value is -3.31. The van der Waals surface area contributed by atoms with Gasteiger partial charge in [-0.05, 0) is 44.9 Å². The second kappa shape index (κ2) is 10.3. The van der Waals surface area contributed by atoms with Gasteiger partial charge < -0.3 is 14.6 Å². The van der Waals surface area contributed by atoms with Crippen LogP contribution in [0.5, 0.6) is 11.8 Å². The molecule has 0 aliphatic rings. The molecule has 0 saturated heterocycles. The van der Waals surface area contributed by atoms with Gasteiger partial charge in [-0.25, -0.2) is 14.2 Å². The fourth-order valence-corrected chi connectivity index (χ4v) is 3.68. The zero-order valence-electron chi connectivity index (χ0n) is 19.4. The molecule has 3 heterocycles. The maximum absolute atomic E-state index is 15.2. The number of carbonyl (C=O) groups excluding carboxylic acids is 1. The van der Waals surface area contributed by atoms with Crippen LogP contribution in [0.1, 0.15) is 48.1 Å². The van der Waals surface area contributed by atoms with E-state index in [-0.39, 0.29) is 41.1 Å². The van der Waals surface area contributed by atoms with Gasteiger partial charge in [-0.3, -0.25) is 9.36 Å². The van der Waals surface area contributed by atoms with Crippen molar-refractivity contribution in [3.8, 4) is 17.6 Å². The number of Topliss-reactive ketones (excluding diaryl/α,β-unsaturated/α-hetero) is 1. The molecule has 182 valence electrons. The lowest BCUT2D eigenvalue weighted by Crippen LogP contribution is -2.26. The highest BCUT2D eigenvalue weighted by atomic mass is 35.5. The number of aromatic nitrogens is 5. The Bertz CT molecular complexity index is 1290. The zero-order chi connectivity index (χ0) is 25.2. The Morgan fingerprint density at radius 3 is 2.59 bits per heavy atom. The van der Waals surface area contributed by atoms with E-state index in [2.05, 4.69) is 15.1 Å². The van der Waals surface area contributed by atoms with Crippen molar-refractivity contribution in [3.63, 3.8) is 0 Å². The molecule has 0 aromatic carbocycles. The fraction of sp³-hybridized carbons (Fsp3) is 0.409. The number of halogens is 2. The van der Waals surface area contributed by atoms with Gasteiger partial charge in [-0.1, -0.05) is 11.6 Å². The molecule has 1 N–H and O–H groups in total. The molecule has 0 spiro atoms. The average Bonchev–Trinajstić information content (AvgIpc) is 3.12. The number of ether oxygens (including phenoxy) is 2. The third kappa shape index (κ3) is 4.80. The molecule has 0 aliphatic heterocycles. The minimum absolute atomic E-state index is 0.0527. The second-order valence-electron chi connectivity index (χ2n) is 7.67. The molecule has 0 atom stereocenters. The molecule has 10 nitrogen and oxygen atoms in total. The van der Waals surface area contributed by atoms with Crippen molar-refractivity contribution in [2.45, 2.75) is 53.4 Å². The van der Waals surface area contributed by atoms with E-state index < -0.39 is 35.8 Å². The highest BCUT2D eigenvalue weighted by Gasteiger charge is 2.25. The van der Waals surface area contributed by atoms with Gasteiger partial charge in [0.15, 0.2) is 23.2 Å². The SMILES string of the molecule is CCn1c(CO)nn(-c2nc(OC(C)C)c(C(=O)Cc3c(C)cnc(OC)c3Cl)cc2F)c1=O. The fourth-order valence-electron chi connectivity index (χ4n) is 3.34. The van der Waals surface area contributed by atoms with Crippen LogP contribution in [0.4, 0.5) is 4.39 Å². The van der Waals surface area contributed by atoms with Crippen LogP contribution in [-0.4, -0.2) is 48.4 Å². The number of methoxy groups -OCH3 is 1. The van der Waals surface area contributed by atoms with Gasteiger partial charge in [0, 0.05) is 19.2 Å². The van der Waals surface area contributed by atoms with Gasteiger partial charge in [0.05, 0.1) is 18.8 Å². The van der Waals surface area contributed by atoms with Gasteiger partial charge >= 0.3 is 5.69 Å². The van der Waals surface area contributed by atoms with Crippen LogP contribution in [0.2, 0.25) is 5.02 Å². The molecule has 0 fully saturated rings. The lowest BCUT2D eigenvalue weighted by Gasteiger charge is -2.15. The van der Waals surface area contributed by atoms with Gasteiger partial charge in [0.2, 0.25) is 11.8 Å². The summed E-state index contributed by atoms with van der Waals surface area (Å²) in [7, 11) is 1.41. The molecule has 34 heavy (non-hydrogen) atoms. The van der Waals surface area contributed by atoms with Crippen LogP contribution in [-0.2, 0) is 19.6 Å².